The van der Waals surface area contributed by atoms with Crippen molar-refractivity contribution in [2.75, 3.05) is 13.1 Å². The fourth-order valence-corrected chi connectivity index (χ4v) is 4.24. The number of rotatable bonds is 3. The Hall–Kier alpha value is -2.57. The van der Waals surface area contributed by atoms with Gasteiger partial charge < -0.3 is 14.4 Å². The number of para-hydroxylation sites is 1. The molecule has 0 saturated carbocycles. The lowest BCUT2D eigenvalue weighted by Gasteiger charge is -2.35. The van der Waals surface area contributed by atoms with Gasteiger partial charge in [0.25, 0.3) is 5.91 Å². The van der Waals surface area contributed by atoms with Crippen LogP contribution in [0.3, 0.4) is 0 Å². The van der Waals surface area contributed by atoms with E-state index in [1.807, 2.05) is 74.5 Å². The highest BCUT2D eigenvalue weighted by molar-refractivity contribution is 8.18. The van der Waals surface area contributed by atoms with Crippen molar-refractivity contribution in [1.82, 2.24) is 4.90 Å². The van der Waals surface area contributed by atoms with Crippen LogP contribution >= 0.6 is 11.8 Å². The minimum atomic E-state index is -0.193. The second kappa shape index (κ2) is 8.20. The van der Waals surface area contributed by atoms with E-state index < -0.39 is 0 Å². The molecule has 1 amide bonds. The maximum Gasteiger partial charge on any atom is 0.286 e. The summed E-state index contributed by atoms with van der Waals surface area (Å²) in [5, 5.41) is 0.759. The quantitative estimate of drug-likeness (QED) is 0.715. The molecule has 144 valence electrons. The molecule has 1 saturated heterocycles. The monoisotopic (exact) mass is 394 g/mol. The third-order valence-electron chi connectivity index (χ3n) is 4.43. The smallest absolute Gasteiger partial charge is 0.286 e. The van der Waals surface area contributed by atoms with E-state index in [1.165, 1.54) is 11.8 Å². The van der Waals surface area contributed by atoms with Crippen molar-refractivity contribution in [3.8, 4) is 11.5 Å². The van der Waals surface area contributed by atoms with E-state index in [2.05, 4.69) is 9.89 Å². The number of aliphatic imine (C=N–C) groups is 1. The lowest BCUT2D eigenvalue weighted by molar-refractivity contribution is -0.113. The number of thioether (sulfide) groups is 1. The molecule has 2 heterocycles. The van der Waals surface area contributed by atoms with E-state index in [0.717, 1.165) is 35.3 Å². The van der Waals surface area contributed by atoms with Crippen LogP contribution in [0.2, 0.25) is 0 Å². The zero-order chi connectivity index (χ0) is 19.5. The molecule has 2 aromatic carbocycles. The molecule has 2 aromatic rings. The third-order valence-corrected chi connectivity index (χ3v) is 5.48. The van der Waals surface area contributed by atoms with Gasteiger partial charge in [0.05, 0.1) is 17.1 Å². The zero-order valence-electron chi connectivity index (χ0n) is 15.9. The molecule has 0 aliphatic carbocycles. The Morgan fingerprint density at radius 2 is 1.79 bits per heavy atom. The van der Waals surface area contributed by atoms with Gasteiger partial charge in [-0.15, -0.1) is 0 Å². The number of amidine groups is 1. The average molecular weight is 394 g/mol. The average Bonchev–Trinajstić information content (AvgIpc) is 3.03. The van der Waals surface area contributed by atoms with Gasteiger partial charge in [0.15, 0.2) is 5.17 Å². The number of nitrogens with zero attached hydrogens (tertiary/aromatic N) is 2. The second-order valence-electron chi connectivity index (χ2n) is 6.96. The van der Waals surface area contributed by atoms with Crippen molar-refractivity contribution in [1.29, 1.82) is 0 Å². The molecule has 2 aliphatic rings. The summed E-state index contributed by atoms with van der Waals surface area (Å²) in [7, 11) is 0. The standard InChI is InChI=1S/C22H22N2O3S/c1-15-13-24(14-16(2)26-15)22-23-21(25)20(28-22)12-17-7-6-10-19(11-17)27-18-8-4-3-5-9-18/h3-12,15-16H,13-14H2,1-2H3/b20-12-/t15-,16+. The minimum Gasteiger partial charge on any atom is -0.457 e. The first-order valence-corrected chi connectivity index (χ1v) is 10.1. The van der Waals surface area contributed by atoms with Gasteiger partial charge in [-0.05, 0) is 61.5 Å². The summed E-state index contributed by atoms with van der Waals surface area (Å²) in [6, 6.07) is 17.3. The van der Waals surface area contributed by atoms with Crippen LogP contribution in [0.5, 0.6) is 11.5 Å². The van der Waals surface area contributed by atoms with E-state index >= 15 is 0 Å². The van der Waals surface area contributed by atoms with Crippen molar-refractivity contribution in [3.05, 3.63) is 65.1 Å². The van der Waals surface area contributed by atoms with Crippen LogP contribution < -0.4 is 4.74 Å². The number of morpholine rings is 1. The van der Waals surface area contributed by atoms with Crippen molar-refractivity contribution in [2.45, 2.75) is 26.1 Å². The molecule has 0 radical (unpaired) electrons. The minimum absolute atomic E-state index is 0.127. The van der Waals surface area contributed by atoms with Crippen LogP contribution in [-0.2, 0) is 9.53 Å². The normalized spacial score (nSPS) is 23.8. The predicted molar refractivity (Wildman–Crippen MR) is 113 cm³/mol. The van der Waals surface area contributed by atoms with Gasteiger partial charge >= 0.3 is 0 Å². The molecule has 0 spiro atoms. The molecule has 2 atom stereocenters. The van der Waals surface area contributed by atoms with E-state index in [9.17, 15) is 4.79 Å². The fraction of sp³-hybridized carbons (Fsp3) is 0.273. The number of hydrogen-bond acceptors (Lipinski definition) is 5. The molecule has 0 bridgehead atoms. The Bertz CT molecular complexity index is 916. The van der Waals surface area contributed by atoms with Gasteiger partial charge in [0.1, 0.15) is 11.5 Å². The molecule has 5 nitrogen and oxygen atoms in total. The summed E-state index contributed by atoms with van der Waals surface area (Å²) in [6.45, 7) is 5.58. The SMILES string of the molecule is C[C@@H]1CN(C2=NC(=O)/C(=C/c3cccc(Oc4ccccc4)c3)S2)C[C@H](C)O1. The van der Waals surface area contributed by atoms with Crippen molar-refractivity contribution in [2.24, 2.45) is 4.99 Å². The number of amides is 1. The lowest BCUT2D eigenvalue weighted by Crippen LogP contribution is -2.47. The Kier molecular flexibility index (Phi) is 5.50. The van der Waals surface area contributed by atoms with Crippen LogP contribution in [0, 0.1) is 0 Å². The highest BCUT2D eigenvalue weighted by Crippen LogP contribution is 2.32. The van der Waals surface area contributed by atoms with Gasteiger partial charge in [-0.3, -0.25) is 4.79 Å². The van der Waals surface area contributed by atoms with Crippen molar-refractivity contribution < 1.29 is 14.3 Å². The van der Waals surface area contributed by atoms with Crippen LogP contribution in [-0.4, -0.2) is 41.3 Å². The highest BCUT2D eigenvalue weighted by Gasteiger charge is 2.30. The van der Waals surface area contributed by atoms with Gasteiger partial charge in [-0.1, -0.05) is 30.3 Å². The summed E-state index contributed by atoms with van der Waals surface area (Å²) in [5.74, 6) is 1.31. The predicted octanol–water partition coefficient (Wildman–Crippen LogP) is 4.56. The third kappa shape index (κ3) is 4.46. The Morgan fingerprint density at radius 1 is 1.07 bits per heavy atom. The highest BCUT2D eigenvalue weighted by atomic mass is 32.2. The van der Waals surface area contributed by atoms with E-state index in [1.54, 1.807) is 0 Å². The number of carbonyl (C=O) groups excluding carboxylic acids is 1. The summed E-state index contributed by atoms with van der Waals surface area (Å²) >= 11 is 1.43. The maximum absolute atomic E-state index is 12.4. The largest absolute Gasteiger partial charge is 0.457 e. The van der Waals surface area contributed by atoms with E-state index in [4.69, 9.17) is 9.47 Å². The first-order chi connectivity index (χ1) is 13.6. The van der Waals surface area contributed by atoms with E-state index in [-0.39, 0.29) is 18.1 Å². The Morgan fingerprint density at radius 3 is 2.54 bits per heavy atom. The number of ether oxygens (including phenoxy) is 2. The Balaban J connectivity index is 1.48. The zero-order valence-corrected chi connectivity index (χ0v) is 16.7. The van der Waals surface area contributed by atoms with Crippen LogP contribution in [0.15, 0.2) is 64.5 Å². The van der Waals surface area contributed by atoms with Crippen LogP contribution in [0.4, 0.5) is 0 Å². The topological polar surface area (TPSA) is 51.1 Å². The molecule has 1 fully saturated rings. The molecule has 0 aromatic heterocycles. The Labute approximate surface area is 169 Å². The first-order valence-electron chi connectivity index (χ1n) is 9.33. The van der Waals surface area contributed by atoms with Crippen LogP contribution in [0.1, 0.15) is 19.4 Å². The van der Waals surface area contributed by atoms with Crippen molar-refractivity contribution in [3.63, 3.8) is 0 Å². The summed E-state index contributed by atoms with van der Waals surface area (Å²) in [6.07, 6.45) is 2.12. The molecule has 0 unspecified atom stereocenters. The molecular formula is C22H22N2O3S. The molecule has 2 aliphatic heterocycles. The summed E-state index contributed by atoms with van der Waals surface area (Å²) < 4.78 is 11.6. The molecule has 6 heteroatoms. The number of benzene rings is 2. The summed E-state index contributed by atoms with van der Waals surface area (Å²) in [5.41, 5.74) is 0.907. The molecule has 4 rings (SSSR count). The number of hydrogen-bond donors (Lipinski definition) is 0. The fourth-order valence-electron chi connectivity index (χ4n) is 3.31. The molecule has 28 heavy (non-hydrogen) atoms. The first kappa shape index (κ1) is 18.8. The maximum atomic E-state index is 12.4. The lowest BCUT2D eigenvalue weighted by atomic mass is 10.2. The second-order valence-corrected chi connectivity index (χ2v) is 7.97. The number of carbonyl (C=O) groups is 1. The van der Waals surface area contributed by atoms with Gasteiger partial charge in [0, 0.05) is 13.1 Å². The summed E-state index contributed by atoms with van der Waals surface area (Å²) in [4.78, 5) is 19.4. The molecular weight excluding hydrogens is 372 g/mol. The van der Waals surface area contributed by atoms with E-state index in [0.29, 0.717) is 4.91 Å². The van der Waals surface area contributed by atoms with Gasteiger partial charge in [-0.2, -0.15) is 4.99 Å². The van der Waals surface area contributed by atoms with Gasteiger partial charge in [0.2, 0.25) is 0 Å². The van der Waals surface area contributed by atoms with Gasteiger partial charge in [-0.25, -0.2) is 0 Å². The van der Waals surface area contributed by atoms with Crippen LogP contribution in [0.25, 0.3) is 6.08 Å². The van der Waals surface area contributed by atoms with Crippen molar-refractivity contribution >= 4 is 28.9 Å². The molecule has 0 N–H and O–H groups in total.